The molecule has 4 amide bonds. The lowest BCUT2D eigenvalue weighted by Gasteiger charge is -2.41. The summed E-state index contributed by atoms with van der Waals surface area (Å²) in [6, 6.07) is 5.08. The highest BCUT2D eigenvalue weighted by molar-refractivity contribution is 6.01. The molecule has 3 heterocycles. The minimum absolute atomic E-state index is 0.00359. The zero-order valence-electron chi connectivity index (χ0n) is 28.7. The molecule has 3 N–H and O–H groups in total. The van der Waals surface area contributed by atoms with Gasteiger partial charge in [0.15, 0.2) is 0 Å². The molecule has 6 rings (SSSR count). The van der Waals surface area contributed by atoms with Crippen molar-refractivity contribution in [2.24, 2.45) is 17.8 Å². The predicted molar refractivity (Wildman–Crippen MR) is 180 cm³/mol. The fraction of sp³-hybridized carbons (Fsp3) is 0.639. The molecule has 2 saturated carbocycles. The zero-order chi connectivity index (χ0) is 34.3. The van der Waals surface area contributed by atoms with Gasteiger partial charge in [-0.25, -0.2) is 4.39 Å². The normalized spacial score (nSPS) is 22.8. The SMILES string of the molecule is CCC(=O)N[C@@H](C(=O)N1C[C@H]2CC[C@@H](C1)N2C)[C@@H](C)c1ccc(NC(=O)[C@@H](NC(=O)c2ccnn2C(C)C)C(C2CC2)C2CC2)c(F)c1. The fourth-order valence-electron chi connectivity index (χ4n) is 7.83. The summed E-state index contributed by atoms with van der Waals surface area (Å²) in [5, 5.41) is 13.0. The van der Waals surface area contributed by atoms with E-state index in [1.165, 1.54) is 12.1 Å². The van der Waals surface area contributed by atoms with Crippen molar-refractivity contribution in [3.05, 3.63) is 47.5 Å². The number of amides is 4. The van der Waals surface area contributed by atoms with Crippen LogP contribution in [0.3, 0.4) is 0 Å². The fourth-order valence-corrected chi connectivity index (χ4v) is 7.83. The number of carbonyl (C=O) groups excluding carboxylic acids is 4. The lowest BCUT2D eigenvalue weighted by Crippen LogP contribution is -2.59. The highest BCUT2D eigenvalue weighted by atomic mass is 19.1. The van der Waals surface area contributed by atoms with E-state index in [1.54, 1.807) is 29.9 Å². The van der Waals surface area contributed by atoms with E-state index in [2.05, 4.69) is 33.0 Å². The van der Waals surface area contributed by atoms with Crippen LogP contribution in [0.1, 0.15) is 101 Å². The topological polar surface area (TPSA) is 129 Å². The van der Waals surface area contributed by atoms with E-state index in [0.29, 0.717) is 48.3 Å². The molecule has 0 spiro atoms. The van der Waals surface area contributed by atoms with Gasteiger partial charge in [0.1, 0.15) is 23.6 Å². The van der Waals surface area contributed by atoms with Crippen LogP contribution in [0.2, 0.25) is 0 Å². The molecule has 0 radical (unpaired) electrons. The second-order valence-corrected chi connectivity index (χ2v) is 14.7. The van der Waals surface area contributed by atoms with E-state index in [-0.39, 0.29) is 41.8 Å². The molecule has 48 heavy (non-hydrogen) atoms. The molecule has 1 aromatic carbocycles. The molecule has 11 nitrogen and oxygen atoms in total. The summed E-state index contributed by atoms with van der Waals surface area (Å²) in [7, 11) is 2.10. The Hall–Kier alpha value is -3.80. The van der Waals surface area contributed by atoms with Gasteiger partial charge >= 0.3 is 0 Å². The number of nitrogens with one attached hydrogen (secondary N) is 3. The number of piperazine rings is 1. The maximum atomic E-state index is 15.8. The highest BCUT2D eigenvalue weighted by Gasteiger charge is 2.49. The number of hydrogen-bond acceptors (Lipinski definition) is 6. The lowest BCUT2D eigenvalue weighted by molar-refractivity contribution is -0.139. The van der Waals surface area contributed by atoms with Crippen LogP contribution in [0, 0.1) is 23.6 Å². The Kier molecular flexibility index (Phi) is 9.92. The van der Waals surface area contributed by atoms with Crippen molar-refractivity contribution in [1.82, 2.24) is 30.2 Å². The first kappa shape index (κ1) is 34.1. The van der Waals surface area contributed by atoms with Crippen LogP contribution in [0.4, 0.5) is 10.1 Å². The number of anilines is 1. The van der Waals surface area contributed by atoms with Crippen LogP contribution in [0.15, 0.2) is 30.5 Å². The summed E-state index contributed by atoms with van der Waals surface area (Å²) in [6.07, 6.45) is 7.92. The van der Waals surface area contributed by atoms with E-state index in [0.717, 1.165) is 38.5 Å². The van der Waals surface area contributed by atoms with Crippen molar-refractivity contribution >= 4 is 29.3 Å². The predicted octanol–water partition coefficient (Wildman–Crippen LogP) is 4.08. The van der Waals surface area contributed by atoms with Crippen molar-refractivity contribution in [2.45, 2.75) is 109 Å². The minimum Gasteiger partial charge on any atom is -0.344 e. The van der Waals surface area contributed by atoms with Gasteiger partial charge in [-0.15, -0.1) is 0 Å². The van der Waals surface area contributed by atoms with Gasteiger partial charge in [-0.1, -0.05) is 19.9 Å². The third-order valence-corrected chi connectivity index (χ3v) is 11.0. The number of likely N-dealkylation sites (N-methyl/N-ethyl adjacent to an activating group) is 1. The Balaban J connectivity index is 1.19. The average molecular weight is 664 g/mol. The standard InChI is InChI=1S/C36H50FN7O4/c1-6-30(45)40-32(36(48)43-18-25-12-13-26(19-43)42(25)5)21(4)24-11-14-28(27(37)17-24)39-35(47)33(31(22-7-8-22)23-9-10-23)41-34(46)29-15-16-38-44(29)20(2)3/h11,14-17,20-23,25-26,31-33H,6-10,12-13,18-19H2,1-5H3,(H,39,47)(H,40,45)(H,41,46)/t21-,25-,26+,32+,33-/m0/s1. The van der Waals surface area contributed by atoms with Crippen LogP contribution in [0.25, 0.3) is 0 Å². The van der Waals surface area contributed by atoms with E-state index in [9.17, 15) is 19.2 Å². The Morgan fingerprint density at radius 3 is 2.12 bits per heavy atom. The Bertz CT molecular complexity index is 1510. The van der Waals surface area contributed by atoms with Crippen molar-refractivity contribution in [2.75, 3.05) is 25.5 Å². The van der Waals surface area contributed by atoms with Gasteiger partial charge in [0.05, 0.1) is 5.69 Å². The molecule has 4 aliphatic rings. The van der Waals surface area contributed by atoms with Crippen molar-refractivity contribution in [3.63, 3.8) is 0 Å². The first-order valence-corrected chi connectivity index (χ1v) is 17.7. The molecule has 2 aliphatic carbocycles. The van der Waals surface area contributed by atoms with Gasteiger partial charge < -0.3 is 20.9 Å². The molecule has 2 aliphatic heterocycles. The molecule has 260 valence electrons. The number of likely N-dealkylation sites (tertiary alicyclic amines) is 1. The molecule has 1 aromatic heterocycles. The maximum absolute atomic E-state index is 15.8. The third-order valence-electron chi connectivity index (χ3n) is 11.0. The number of rotatable bonds is 13. The smallest absolute Gasteiger partial charge is 0.270 e. The van der Waals surface area contributed by atoms with Gasteiger partial charge in [0.25, 0.3) is 5.91 Å². The molecule has 4 fully saturated rings. The van der Waals surface area contributed by atoms with E-state index in [1.807, 2.05) is 25.7 Å². The number of carbonyl (C=O) groups is 4. The second kappa shape index (κ2) is 14.0. The molecule has 0 unspecified atom stereocenters. The van der Waals surface area contributed by atoms with E-state index in [4.69, 9.17) is 0 Å². The van der Waals surface area contributed by atoms with Crippen LogP contribution in [-0.4, -0.2) is 87.5 Å². The van der Waals surface area contributed by atoms with Crippen molar-refractivity contribution in [3.8, 4) is 0 Å². The number of hydrogen-bond donors (Lipinski definition) is 3. The third kappa shape index (κ3) is 7.13. The quantitative estimate of drug-likeness (QED) is 0.297. The summed E-state index contributed by atoms with van der Waals surface area (Å²) in [5.41, 5.74) is 0.919. The highest BCUT2D eigenvalue weighted by Crippen LogP contribution is 2.51. The molecule has 5 atom stereocenters. The summed E-state index contributed by atoms with van der Waals surface area (Å²) >= 11 is 0. The Morgan fingerprint density at radius 2 is 1.56 bits per heavy atom. The van der Waals surface area contributed by atoms with Crippen LogP contribution in [0.5, 0.6) is 0 Å². The number of halogens is 1. The summed E-state index contributed by atoms with van der Waals surface area (Å²) in [5.74, 6) is -1.72. The van der Waals surface area contributed by atoms with Crippen molar-refractivity contribution < 1.29 is 23.6 Å². The van der Waals surface area contributed by atoms with E-state index >= 15 is 4.39 Å². The molecule has 2 saturated heterocycles. The largest absolute Gasteiger partial charge is 0.344 e. The summed E-state index contributed by atoms with van der Waals surface area (Å²) in [6.45, 7) is 8.64. The van der Waals surface area contributed by atoms with Gasteiger partial charge in [0.2, 0.25) is 17.7 Å². The molecule has 2 aromatic rings. The number of fused-ring (bicyclic) bond motifs is 2. The molecular weight excluding hydrogens is 613 g/mol. The van der Waals surface area contributed by atoms with Crippen molar-refractivity contribution in [1.29, 1.82) is 0 Å². The first-order valence-electron chi connectivity index (χ1n) is 17.7. The van der Waals surface area contributed by atoms with Crippen LogP contribution >= 0.6 is 0 Å². The first-order chi connectivity index (χ1) is 23.0. The van der Waals surface area contributed by atoms with Gasteiger partial charge in [-0.05, 0) is 101 Å². The minimum atomic E-state index is -0.850. The van der Waals surface area contributed by atoms with Gasteiger partial charge in [-0.3, -0.25) is 28.8 Å². The summed E-state index contributed by atoms with van der Waals surface area (Å²) < 4.78 is 17.4. The molecular formula is C36H50FN7O4. The zero-order valence-corrected chi connectivity index (χ0v) is 28.7. The number of nitrogens with zero attached hydrogens (tertiary/aromatic N) is 4. The monoisotopic (exact) mass is 663 g/mol. The van der Waals surface area contributed by atoms with Crippen LogP contribution in [-0.2, 0) is 14.4 Å². The van der Waals surface area contributed by atoms with E-state index < -0.39 is 29.7 Å². The lowest BCUT2D eigenvalue weighted by atomic mass is 9.88. The summed E-state index contributed by atoms with van der Waals surface area (Å²) in [4.78, 5) is 58.0. The maximum Gasteiger partial charge on any atom is 0.270 e. The van der Waals surface area contributed by atoms with Crippen LogP contribution < -0.4 is 16.0 Å². The van der Waals surface area contributed by atoms with Gasteiger partial charge in [0, 0.05) is 49.8 Å². The second-order valence-electron chi connectivity index (χ2n) is 14.7. The van der Waals surface area contributed by atoms with Gasteiger partial charge in [-0.2, -0.15) is 5.10 Å². The molecule has 12 heteroatoms. The number of aromatic nitrogens is 2. The Morgan fingerprint density at radius 1 is 0.917 bits per heavy atom. The molecule has 2 bridgehead atoms. The number of benzene rings is 1. The average Bonchev–Trinajstić information content (AvgIpc) is 4.00. The Labute approximate surface area is 282 Å².